The van der Waals surface area contributed by atoms with Gasteiger partial charge in [-0.05, 0) is 25.0 Å². The Kier molecular flexibility index (Phi) is 5.17. The molecule has 1 aromatic carbocycles. The number of amides is 1. The predicted octanol–water partition coefficient (Wildman–Crippen LogP) is 1.69. The van der Waals surface area contributed by atoms with Crippen molar-refractivity contribution in [2.45, 2.75) is 20.4 Å². The number of aromatic nitrogens is 1. The molecule has 1 amide bonds. The third kappa shape index (κ3) is 4.90. The number of rotatable bonds is 6. The summed E-state index contributed by atoms with van der Waals surface area (Å²) in [6.07, 6.45) is 1.08. The Hall–Kier alpha value is -2.19. The van der Waals surface area contributed by atoms with Crippen LogP contribution in [-0.4, -0.2) is 36.6 Å². The van der Waals surface area contributed by atoms with Gasteiger partial charge in [-0.2, -0.15) is 4.31 Å². The van der Waals surface area contributed by atoms with Crippen LogP contribution in [0.2, 0.25) is 0 Å². The van der Waals surface area contributed by atoms with Gasteiger partial charge in [0, 0.05) is 12.6 Å². The van der Waals surface area contributed by atoms with Gasteiger partial charge >= 0.3 is 0 Å². The number of nitrogens with one attached hydrogen (secondary N) is 1. The molecule has 0 radical (unpaired) electrons. The zero-order valence-electron chi connectivity index (χ0n) is 13.2. The van der Waals surface area contributed by atoms with Gasteiger partial charge in [0.25, 0.3) is 0 Å². The number of hydrogen-bond donors (Lipinski definition) is 1. The monoisotopic (exact) mass is 337 g/mol. The van der Waals surface area contributed by atoms with Crippen molar-refractivity contribution in [3.05, 3.63) is 47.2 Å². The average molecular weight is 337 g/mol. The summed E-state index contributed by atoms with van der Waals surface area (Å²) < 4.78 is 29.9. The van der Waals surface area contributed by atoms with Crippen molar-refractivity contribution >= 4 is 21.7 Å². The Morgan fingerprint density at radius 3 is 2.57 bits per heavy atom. The second-order valence-corrected chi connectivity index (χ2v) is 7.31. The summed E-state index contributed by atoms with van der Waals surface area (Å²) in [6.45, 7) is 3.44. The first-order chi connectivity index (χ1) is 10.8. The Morgan fingerprint density at radius 1 is 1.30 bits per heavy atom. The van der Waals surface area contributed by atoms with Crippen molar-refractivity contribution in [1.82, 2.24) is 9.46 Å². The highest BCUT2D eigenvalue weighted by atomic mass is 32.2. The molecule has 0 aliphatic heterocycles. The molecule has 0 unspecified atom stereocenters. The number of aryl methyl sites for hydroxylation is 2. The molecule has 1 aromatic heterocycles. The quantitative estimate of drug-likeness (QED) is 0.866. The number of carbonyl (C=O) groups excluding carboxylic acids is 1. The summed E-state index contributed by atoms with van der Waals surface area (Å²) >= 11 is 0. The lowest BCUT2D eigenvalue weighted by atomic mass is 10.1. The van der Waals surface area contributed by atoms with Crippen LogP contribution >= 0.6 is 0 Å². The van der Waals surface area contributed by atoms with Gasteiger partial charge in [-0.3, -0.25) is 4.79 Å². The summed E-state index contributed by atoms with van der Waals surface area (Å²) in [5.74, 6) is 0.342. The van der Waals surface area contributed by atoms with Crippen molar-refractivity contribution in [1.29, 1.82) is 0 Å². The van der Waals surface area contributed by atoms with E-state index in [2.05, 4.69) is 10.5 Å². The molecule has 2 rings (SSSR count). The molecule has 0 fully saturated rings. The smallest absolute Gasteiger partial charge is 0.240 e. The maximum atomic E-state index is 12.1. The topological polar surface area (TPSA) is 92.5 Å². The van der Waals surface area contributed by atoms with E-state index in [-0.39, 0.29) is 18.9 Å². The minimum absolute atomic E-state index is 0.136. The first-order valence-corrected chi connectivity index (χ1v) is 8.83. The van der Waals surface area contributed by atoms with Gasteiger partial charge in [-0.25, -0.2) is 8.42 Å². The van der Waals surface area contributed by atoms with E-state index in [9.17, 15) is 13.2 Å². The van der Waals surface area contributed by atoms with Gasteiger partial charge in [0.05, 0.1) is 12.8 Å². The molecule has 0 saturated heterocycles. The van der Waals surface area contributed by atoms with E-state index in [0.717, 1.165) is 21.7 Å². The number of nitrogens with zero attached hydrogens (tertiary/aromatic N) is 2. The van der Waals surface area contributed by atoms with E-state index in [0.29, 0.717) is 5.76 Å². The van der Waals surface area contributed by atoms with E-state index in [1.807, 2.05) is 31.2 Å². The number of benzene rings is 1. The van der Waals surface area contributed by atoms with E-state index >= 15 is 0 Å². The molecule has 0 bridgehead atoms. The lowest BCUT2D eigenvalue weighted by molar-refractivity contribution is -0.116. The summed E-state index contributed by atoms with van der Waals surface area (Å²) in [5, 5.41) is 6.16. The first kappa shape index (κ1) is 17.2. The lowest BCUT2D eigenvalue weighted by Gasteiger charge is -2.20. The second-order valence-electron chi connectivity index (χ2n) is 5.33. The van der Waals surface area contributed by atoms with Gasteiger partial charge in [0.15, 0.2) is 5.82 Å². The zero-order valence-corrected chi connectivity index (χ0v) is 14.1. The molecule has 23 heavy (non-hydrogen) atoms. The van der Waals surface area contributed by atoms with E-state index in [1.54, 1.807) is 13.0 Å². The van der Waals surface area contributed by atoms with Gasteiger partial charge in [-0.15, -0.1) is 0 Å². The van der Waals surface area contributed by atoms with E-state index < -0.39 is 15.9 Å². The third-order valence-electron chi connectivity index (χ3n) is 3.29. The SMILES string of the molecule is Cc1cc(NC(=O)CN(Cc2ccccc2C)S(C)(=O)=O)no1. The van der Waals surface area contributed by atoms with E-state index in [4.69, 9.17) is 4.52 Å². The Balaban J connectivity index is 2.10. The van der Waals surface area contributed by atoms with Crippen molar-refractivity contribution in [3.8, 4) is 0 Å². The molecular formula is C15H19N3O4S. The fraction of sp³-hybridized carbons (Fsp3) is 0.333. The van der Waals surface area contributed by atoms with Crippen LogP contribution in [0, 0.1) is 13.8 Å². The van der Waals surface area contributed by atoms with Crippen molar-refractivity contribution in [3.63, 3.8) is 0 Å². The highest BCUT2D eigenvalue weighted by Gasteiger charge is 2.21. The summed E-state index contributed by atoms with van der Waals surface area (Å²) in [6, 6.07) is 9.01. The van der Waals surface area contributed by atoms with Crippen molar-refractivity contribution < 1.29 is 17.7 Å². The van der Waals surface area contributed by atoms with E-state index in [1.165, 1.54) is 0 Å². The number of carbonyl (C=O) groups is 1. The van der Waals surface area contributed by atoms with Crippen molar-refractivity contribution in [2.75, 3.05) is 18.1 Å². The summed E-state index contributed by atoms with van der Waals surface area (Å²) in [5.41, 5.74) is 1.82. The number of hydrogen-bond acceptors (Lipinski definition) is 5. The largest absolute Gasteiger partial charge is 0.360 e. The Morgan fingerprint density at radius 2 is 2.00 bits per heavy atom. The highest BCUT2D eigenvalue weighted by Crippen LogP contribution is 2.13. The third-order valence-corrected chi connectivity index (χ3v) is 4.49. The summed E-state index contributed by atoms with van der Waals surface area (Å²) in [7, 11) is -3.53. The molecule has 124 valence electrons. The molecule has 0 spiro atoms. The van der Waals surface area contributed by atoms with Crippen LogP contribution in [0.3, 0.4) is 0 Å². The van der Waals surface area contributed by atoms with Gasteiger partial charge < -0.3 is 9.84 Å². The lowest BCUT2D eigenvalue weighted by Crippen LogP contribution is -2.37. The Labute approximate surface area is 135 Å². The molecule has 2 aromatic rings. The number of sulfonamides is 1. The van der Waals surface area contributed by atoms with Crippen LogP contribution in [0.4, 0.5) is 5.82 Å². The van der Waals surface area contributed by atoms with Gasteiger partial charge in [0.2, 0.25) is 15.9 Å². The summed E-state index contributed by atoms with van der Waals surface area (Å²) in [4.78, 5) is 12.1. The second kappa shape index (κ2) is 6.93. The van der Waals surface area contributed by atoms with Crippen LogP contribution in [0.5, 0.6) is 0 Å². The maximum Gasteiger partial charge on any atom is 0.240 e. The molecule has 1 heterocycles. The molecule has 1 N–H and O–H groups in total. The van der Waals surface area contributed by atoms with Crippen LogP contribution in [0.15, 0.2) is 34.9 Å². The fourth-order valence-electron chi connectivity index (χ4n) is 2.04. The number of anilines is 1. The predicted molar refractivity (Wildman–Crippen MR) is 86.3 cm³/mol. The minimum atomic E-state index is -3.53. The van der Waals surface area contributed by atoms with Crippen LogP contribution in [0.25, 0.3) is 0 Å². The minimum Gasteiger partial charge on any atom is -0.360 e. The van der Waals surface area contributed by atoms with Crippen molar-refractivity contribution in [2.24, 2.45) is 0 Å². The van der Waals surface area contributed by atoms with Crippen LogP contribution in [-0.2, 0) is 21.4 Å². The van der Waals surface area contributed by atoms with Gasteiger partial charge in [0.1, 0.15) is 5.76 Å². The fourth-order valence-corrected chi connectivity index (χ4v) is 2.76. The Bertz CT molecular complexity index is 799. The normalized spacial score (nSPS) is 11.7. The standard InChI is InChI=1S/C15H19N3O4S/c1-11-6-4-5-7-13(11)9-18(23(3,20)21)10-15(19)16-14-8-12(2)22-17-14/h4-8H,9-10H2,1-3H3,(H,16,17,19). The molecular weight excluding hydrogens is 318 g/mol. The first-order valence-electron chi connectivity index (χ1n) is 6.98. The van der Waals surface area contributed by atoms with Crippen LogP contribution < -0.4 is 5.32 Å². The molecule has 0 atom stereocenters. The average Bonchev–Trinajstić information content (AvgIpc) is 2.84. The highest BCUT2D eigenvalue weighted by molar-refractivity contribution is 7.88. The molecule has 8 heteroatoms. The maximum absolute atomic E-state index is 12.1. The molecule has 0 saturated carbocycles. The zero-order chi connectivity index (χ0) is 17.0. The molecule has 7 nitrogen and oxygen atoms in total. The molecule has 0 aliphatic carbocycles. The van der Waals surface area contributed by atoms with Gasteiger partial charge in [-0.1, -0.05) is 29.4 Å². The molecule has 0 aliphatic rings. The van der Waals surface area contributed by atoms with Crippen LogP contribution in [0.1, 0.15) is 16.9 Å².